The predicted molar refractivity (Wildman–Crippen MR) is 148 cm³/mol. The first kappa shape index (κ1) is 31.4. The van der Waals surface area contributed by atoms with Crippen molar-refractivity contribution in [1.82, 2.24) is 25.1 Å². The minimum atomic E-state index is -4.90. The average molecular weight is 616 g/mol. The van der Waals surface area contributed by atoms with Gasteiger partial charge < -0.3 is 35.8 Å². The molecule has 2 saturated heterocycles. The second-order valence-electron chi connectivity index (χ2n) is 10.0. The number of rotatable bonds is 8. The number of aromatic hydroxyl groups is 1. The molecule has 230 valence electrons. The van der Waals surface area contributed by atoms with E-state index in [0.717, 1.165) is 24.6 Å². The topological polar surface area (TPSA) is 157 Å². The van der Waals surface area contributed by atoms with E-state index in [9.17, 15) is 27.9 Å². The van der Waals surface area contributed by atoms with Crippen LogP contribution in [0.3, 0.4) is 0 Å². The largest absolute Gasteiger partial charge is 0.573 e. The molecular weight excluding hydrogens is 583 g/mol. The van der Waals surface area contributed by atoms with Crippen LogP contribution in [-0.4, -0.2) is 106 Å². The number of likely N-dealkylation sites (tertiary alicyclic amines) is 1. The molecule has 0 unspecified atom stereocenters. The van der Waals surface area contributed by atoms with Gasteiger partial charge in [0.2, 0.25) is 0 Å². The summed E-state index contributed by atoms with van der Waals surface area (Å²) in [6.45, 7) is 4.61. The number of aliphatic hydroxyl groups is 1. The maximum Gasteiger partial charge on any atom is 0.573 e. The molecular formula is C26H33ClF3N7O5. The first-order chi connectivity index (χ1) is 19.9. The van der Waals surface area contributed by atoms with Crippen LogP contribution >= 0.6 is 11.6 Å². The minimum absolute atomic E-state index is 0.0446. The summed E-state index contributed by atoms with van der Waals surface area (Å²) in [5, 5.41) is 21.6. The number of carbonyl (C=O) groups is 2. The third-order valence-electron chi connectivity index (χ3n) is 7.43. The van der Waals surface area contributed by atoms with E-state index in [1.165, 1.54) is 0 Å². The number of alkyl halides is 3. The van der Waals surface area contributed by atoms with Crippen molar-refractivity contribution in [3.8, 4) is 11.5 Å². The van der Waals surface area contributed by atoms with Crippen LogP contribution in [0.25, 0.3) is 0 Å². The number of aliphatic hydroxyl groups excluding tert-OH is 1. The van der Waals surface area contributed by atoms with E-state index < -0.39 is 29.7 Å². The molecule has 5 N–H and O–H groups in total. The van der Waals surface area contributed by atoms with Gasteiger partial charge in [-0.05, 0) is 31.4 Å². The minimum Gasteiger partial charge on any atom is -0.507 e. The number of phenolic OH excluding ortho intramolecular Hbond substituents is 1. The zero-order chi connectivity index (χ0) is 30.6. The molecule has 3 heterocycles. The quantitative estimate of drug-likeness (QED) is 0.347. The van der Waals surface area contributed by atoms with Crippen LogP contribution in [0.1, 0.15) is 47.0 Å². The van der Waals surface area contributed by atoms with E-state index in [0.29, 0.717) is 51.4 Å². The van der Waals surface area contributed by atoms with Gasteiger partial charge in [0.25, 0.3) is 11.8 Å². The molecule has 2 fully saturated rings. The molecule has 2 amide bonds. The Morgan fingerprint density at radius 2 is 1.90 bits per heavy atom. The van der Waals surface area contributed by atoms with Gasteiger partial charge in [0.15, 0.2) is 22.5 Å². The molecule has 2 aliphatic rings. The maximum absolute atomic E-state index is 13.0. The molecule has 1 aromatic carbocycles. The number of amides is 2. The van der Waals surface area contributed by atoms with Crippen molar-refractivity contribution in [3.63, 3.8) is 0 Å². The summed E-state index contributed by atoms with van der Waals surface area (Å²) in [6, 6.07) is 3.25. The number of nitrogens with one attached hydrogen (secondary N) is 1. The molecule has 2 aromatic rings. The average Bonchev–Trinajstić information content (AvgIpc) is 2.95. The van der Waals surface area contributed by atoms with Crippen molar-refractivity contribution in [2.75, 3.05) is 56.5 Å². The number of ether oxygens (including phenoxy) is 1. The lowest BCUT2D eigenvalue weighted by Gasteiger charge is -2.47. The van der Waals surface area contributed by atoms with Crippen LogP contribution in [-0.2, 0) is 0 Å². The van der Waals surface area contributed by atoms with Gasteiger partial charge in [0.1, 0.15) is 11.5 Å². The van der Waals surface area contributed by atoms with E-state index in [-0.39, 0.29) is 47.5 Å². The molecule has 0 bridgehead atoms. The predicted octanol–water partition coefficient (Wildman–Crippen LogP) is 2.24. The standard InChI is InChI=1S/C26H33ClF3N7O5/c1-2-15-14-36(23-21(27)33-20(22(31)34-23)24(40)32-7-12-38)10-11-37(15)16-5-8-35(9-6-16)25(41)18-4-3-17(13-19(18)39)42-26(28,29)30/h3-4,13,15-16,38-39H,2,5-12,14H2,1H3,(H2,31,34)(H,32,40)/t15-/m0/s1. The Morgan fingerprint density at radius 3 is 2.52 bits per heavy atom. The Bertz CT molecular complexity index is 1290. The zero-order valence-corrected chi connectivity index (χ0v) is 23.7. The molecule has 1 aromatic heterocycles. The van der Waals surface area contributed by atoms with Gasteiger partial charge in [-0.1, -0.05) is 18.5 Å². The third kappa shape index (κ3) is 7.25. The van der Waals surface area contributed by atoms with Crippen LogP contribution in [0.15, 0.2) is 18.2 Å². The second kappa shape index (κ2) is 13.2. The van der Waals surface area contributed by atoms with Crippen molar-refractivity contribution in [3.05, 3.63) is 34.6 Å². The first-order valence-electron chi connectivity index (χ1n) is 13.5. The van der Waals surface area contributed by atoms with Crippen LogP contribution in [0.4, 0.5) is 24.8 Å². The Hall–Kier alpha value is -3.56. The highest BCUT2D eigenvalue weighted by Crippen LogP contribution is 2.32. The molecule has 1 atom stereocenters. The van der Waals surface area contributed by atoms with E-state index in [2.05, 4.69) is 31.8 Å². The third-order valence-corrected chi connectivity index (χ3v) is 7.68. The summed E-state index contributed by atoms with van der Waals surface area (Å²) >= 11 is 6.41. The monoisotopic (exact) mass is 615 g/mol. The van der Waals surface area contributed by atoms with Gasteiger partial charge in [0.05, 0.1) is 12.2 Å². The van der Waals surface area contributed by atoms with Gasteiger partial charge in [-0.3, -0.25) is 14.5 Å². The SMILES string of the molecule is CC[C@H]1CN(c2nc(N)c(C(=O)NCCO)nc2Cl)CCN1C1CCN(C(=O)c2ccc(OC(F)(F)F)cc2O)CC1. The number of nitrogens with two attached hydrogens (primary N) is 1. The first-order valence-corrected chi connectivity index (χ1v) is 13.9. The summed E-state index contributed by atoms with van der Waals surface area (Å²) in [5.41, 5.74) is 5.82. The van der Waals surface area contributed by atoms with Crippen molar-refractivity contribution < 1.29 is 37.7 Å². The molecule has 0 aliphatic carbocycles. The smallest absolute Gasteiger partial charge is 0.507 e. The molecule has 0 saturated carbocycles. The van der Waals surface area contributed by atoms with Crippen molar-refractivity contribution in [1.29, 1.82) is 0 Å². The summed E-state index contributed by atoms with van der Waals surface area (Å²) < 4.78 is 41.2. The van der Waals surface area contributed by atoms with E-state index in [4.69, 9.17) is 22.4 Å². The van der Waals surface area contributed by atoms with Crippen LogP contribution in [0, 0.1) is 0 Å². The highest BCUT2D eigenvalue weighted by Gasteiger charge is 2.36. The molecule has 2 aliphatic heterocycles. The molecule has 4 rings (SSSR count). The van der Waals surface area contributed by atoms with Crippen molar-refractivity contribution in [2.45, 2.75) is 44.6 Å². The molecule has 0 spiro atoms. The van der Waals surface area contributed by atoms with Crippen LogP contribution < -0.4 is 20.7 Å². The van der Waals surface area contributed by atoms with Gasteiger partial charge in [0, 0.05) is 57.4 Å². The Labute approximate surface area is 245 Å². The second-order valence-corrected chi connectivity index (χ2v) is 10.4. The molecule has 42 heavy (non-hydrogen) atoms. The summed E-state index contributed by atoms with van der Waals surface area (Å²) in [4.78, 5) is 39.7. The maximum atomic E-state index is 13.0. The number of hydrogen-bond acceptors (Lipinski definition) is 10. The summed E-state index contributed by atoms with van der Waals surface area (Å²) in [5.74, 6) is -1.89. The number of halogens is 4. The fourth-order valence-corrected chi connectivity index (χ4v) is 5.65. The lowest BCUT2D eigenvalue weighted by molar-refractivity contribution is -0.274. The van der Waals surface area contributed by atoms with E-state index >= 15 is 0 Å². The zero-order valence-electron chi connectivity index (χ0n) is 22.9. The Balaban J connectivity index is 1.36. The molecule has 16 heteroatoms. The Kier molecular flexibility index (Phi) is 9.84. The number of nitrogens with zero attached hydrogens (tertiary/aromatic N) is 5. The lowest BCUT2D eigenvalue weighted by Crippen LogP contribution is -2.58. The summed E-state index contributed by atoms with van der Waals surface area (Å²) in [7, 11) is 0. The van der Waals surface area contributed by atoms with E-state index in [1.54, 1.807) is 4.90 Å². The normalized spacial score (nSPS) is 18.7. The highest BCUT2D eigenvalue weighted by molar-refractivity contribution is 6.32. The van der Waals surface area contributed by atoms with Crippen molar-refractivity contribution >= 4 is 35.1 Å². The number of aromatic nitrogens is 2. The molecule has 12 nitrogen and oxygen atoms in total. The van der Waals surface area contributed by atoms with Gasteiger partial charge >= 0.3 is 6.36 Å². The number of piperidine rings is 1. The number of carbonyl (C=O) groups excluding carboxylic acids is 2. The number of hydrogen-bond donors (Lipinski definition) is 4. The van der Waals surface area contributed by atoms with Gasteiger partial charge in [-0.15, -0.1) is 13.2 Å². The number of phenols is 1. The number of benzene rings is 1. The number of anilines is 2. The Morgan fingerprint density at radius 1 is 1.19 bits per heavy atom. The van der Waals surface area contributed by atoms with Gasteiger partial charge in [-0.25, -0.2) is 9.97 Å². The van der Waals surface area contributed by atoms with Gasteiger partial charge in [-0.2, -0.15) is 0 Å². The lowest BCUT2D eigenvalue weighted by atomic mass is 9.97. The number of nitrogen functional groups attached to an aromatic ring is 1. The van der Waals surface area contributed by atoms with Crippen molar-refractivity contribution in [2.24, 2.45) is 0 Å². The molecule has 0 radical (unpaired) electrons. The fraction of sp³-hybridized carbons (Fsp3) is 0.538. The number of piperazine rings is 1. The van der Waals surface area contributed by atoms with Crippen LogP contribution in [0.2, 0.25) is 5.15 Å². The van der Waals surface area contributed by atoms with Crippen LogP contribution in [0.5, 0.6) is 11.5 Å². The van der Waals surface area contributed by atoms with E-state index in [1.807, 2.05) is 4.90 Å². The highest BCUT2D eigenvalue weighted by atomic mass is 35.5. The summed E-state index contributed by atoms with van der Waals surface area (Å²) in [6.07, 6.45) is -2.71. The fourth-order valence-electron chi connectivity index (χ4n) is 5.41.